The summed E-state index contributed by atoms with van der Waals surface area (Å²) in [5.74, 6) is 1.22. The first-order valence-electron chi connectivity index (χ1n) is 6.17. The molecule has 2 N–H and O–H groups in total. The third-order valence-electron chi connectivity index (χ3n) is 3.60. The van der Waals surface area contributed by atoms with Gasteiger partial charge in [-0.25, -0.2) is 4.98 Å². The number of rotatable bonds is 3. The van der Waals surface area contributed by atoms with Gasteiger partial charge in [-0.2, -0.15) is 0 Å². The predicted molar refractivity (Wildman–Crippen MR) is 65.1 cm³/mol. The summed E-state index contributed by atoms with van der Waals surface area (Å²) >= 11 is 0. The maximum Gasteiger partial charge on any atom is 0.240 e. The monoisotopic (exact) mass is 236 g/mol. The van der Waals surface area contributed by atoms with E-state index in [4.69, 9.17) is 5.73 Å². The first kappa shape index (κ1) is 12.1. The highest BCUT2D eigenvalue weighted by Gasteiger charge is 2.27. The van der Waals surface area contributed by atoms with Crippen molar-refractivity contribution in [3.8, 4) is 0 Å². The van der Waals surface area contributed by atoms with Crippen molar-refractivity contribution in [2.45, 2.75) is 39.4 Å². The zero-order valence-corrected chi connectivity index (χ0v) is 10.5. The van der Waals surface area contributed by atoms with Crippen LogP contribution < -0.4 is 5.73 Å². The summed E-state index contributed by atoms with van der Waals surface area (Å²) in [4.78, 5) is 18.3. The second-order valence-corrected chi connectivity index (χ2v) is 4.71. The maximum absolute atomic E-state index is 12.2. The molecule has 94 valence electrons. The standard InChI is InChI=1S/C12H20N4O/c1-3-9(2)11(13)12(17)16-7-6-15-5-4-14-10(15)8-16/h4-5,9,11H,3,6-8,13H2,1-2H3/t9?,11-/m0/s1. The Hall–Kier alpha value is -1.36. The fraction of sp³-hybridized carbons (Fsp3) is 0.667. The molecule has 2 rings (SSSR count). The van der Waals surface area contributed by atoms with Crippen molar-refractivity contribution in [2.24, 2.45) is 11.7 Å². The van der Waals surface area contributed by atoms with Crippen LogP contribution in [0.1, 0.15) is 26.1 Å². The van der Waals surface area contributed by atoms with Gasteiger partial charge in [-0.3, -0.25) is 4.79 Å². The molecule has 5 heteroatoms. The summed E-state index contributed by atoms with van der Waals surface area (Å²) in [5.41, 5.74) is 5.98. The zero-order valence-electron chi connectivity index (χ0n) is 10.5. The minimum absolute atomic E-state index is 0.0496. The Labute approximate surface area is 102 Å². The van der Waals surface area contributed by atoms with E-state index in [9.17, 15) is 4.79 Å². The molecule has 0 aliphatic carbocycles. The predicted octanol–water partition coefficient (Wildman–Crippen LogP) is 0.599. The van der Waals surface area contributed by atoms with Crippen molar-refractivity contribution in [3.05, 3.63) is 18.2 Å². The Bertz CT molecular complexity index is 401. The topological polar surface area (TPSA) is 64.2 Å². The lowest BCUT2D eigenvalue weighted by Gasteiger charge is -2.31. The van der Waals surface area contributed by atoms with Gasteiger partial charge in [0.1, 0.15) is 5.82 Å². The summed E-state index contributed by atoms with van der Waals surface area (Å²) < 4.78 is 2.08. The number of amides is 1. The van der Waals surface area contributed by atoms with Crippen LogP contribution >= 0.6 is 0 Å². The van der Waals surface area contributed by atoms with E-state index in [0.29, 0.717) is 6.54 Å². The first-order chi connectivity index (χ1) is 8.13. The summed E-state index contributed by atoms with van der Waals surface area (Å²) in [5, 5.41) is 0. The van der Waals surface area contributed by atoms with Gasteiger partial charge < -0.3 is 15.2 Å². The fourth-order valence-electron chi connectivity index (χ4n) is 2.07. The minimum atomic E-state index is -0.387. The van der Waals surface area contributed by atoms with Crippen LogP contribution in [-0.4, -0.2) is 32.9 Å². The number of carbonyl (C=O) groups excluding carboxylic acids is 1. The number of hydrogen-bond donors (Lipinski definition) is 1. The van der Waals surface area contributed by atoms with Gasteiger partial charge in [0.15, 0.2) is 0 Å². The van der Waals surface area contributed by atoms with Crippen molar-refractivity contribution in [1.82, 2.24) is 14.5 Å². The van der Waals surface area contributed by atoms with Gasteiger partial charge in [0.2, 0.25) is 5.91 Å². The molecule has 1 unspecified atom stereocenters. The van der Waals surface area contributed by atoms with Crippen LogP contribution in [0.3, 0.4) is 0 Å². The molecule has 0 saturated heterocycles. The van der Waals surface area contributed by atoms with Gasteiger partial charge in [-0.1, -0.05) is 20.3 Å². The molecule has 2 atom stereocenters. The molecule has 0 fully saturated rings. The molecule has 5 nitrogen and oxygen atoms in total. The molecule has 1 aromatic heterocycles. The average Bonchev–Trinajstić information content (AvgIpc) is 2.83. The zero-order chi connectivity index (χ0) is 12.4. The maximum atomic E-state index is 12.2. The van der Waals surface area contributed by atoms with Crippen LogP contribution in [0.4, 0.5) is 0 Å². The van der Waals surface area contributed by atoms with Gasteiger partial charge in [0.25, 0.3) is 0 Å². The quantitative estimate of drug-likeness (QED) is 0.835. The van der Waals surface area contributed by atoms with E-state index in [2.05, 4.69) is 16.5 Å². The number of imidazole rings is 1. The molecule has 1 aromatic rings. The van der Waals surface area contributed by atoms with Crippen molar-refractivity contribution in [2.75, 3.05) is 6.54 Å². The molecule has 1 amide bonds. The highest BCUT2D eigenvalue weighted by atomic mass is 16.2. The lowest BCUT2D eigenvalue weighted by molar-refractivity contribution is -0.135. The molecule has 0 saturated carbocycles. The molecular weight excluding hydrogens is 216 g/mol. The molecule has 2 heterocycles. The number of carbonyl (C=O) groups is 1. The number of hydrogen-bond acceptors (Lipinski definition) is 3. The highest BCUT2D eigenvalue weighted by molar-refractivity contribution is 5.82. The van der Waals surface area contributed by atoms with E-state index >= 15 is 0 Å². The Balaban J connectivity index is 2.03. The molecule has 0 radical (unpaired) electrons. The second kappa shape index (κ2) is 4.87. The smallest absolute Gasteiger partial charge is 0.240 e. The molecule has 0 aromatic carbocycles. The fourth-order valence-corrected chi connectivity index (χ4v) is 2.07. The summed E-state index contributed by atoms with van der Waals surface area (Å²) in [6, 6.07) is -0.387. The number of fused-ring (bicyclic) bond motifs is 1. The number of nitrogens with two attached hydrogens (primary N) is 1. The van der Waals surface area contributed by atoms with Crippen molar-refractivity contribution < 1.29 is 4.79 Å². The Kier molecular flexibility index (Phi) is 3.47. The third-order valence-corrected chi connectivity index (χ3v) is 3.60. The van der Waals surface area contributed by atoms with E-state index in [1.165, 1.54) is 0 Å². The number of aromatic nitrogens is 2. The second-order valence-electron chi connectivity index (χ2n) is 4.71. The highest BCUT2D eigenvalue weighted by Crippen LogP contribution is 2.14. The van der Waals surface area contributed by atoms with Crippen LogP contribution in [-0.2, 0) is 17.9 Å². The molecular formula is C12H20N4O. The van der Waals surface area contributed by atoms with Crippen LogP contribution in [0.2, 0.25) is 0 Å². The van der Waals surface area contributed by atoms with E-state index in [-0.39, 0.29) is 17.9 Å². The Morgan fingerprint density at radius 3 is 3.06 bits per heavy atom. The van der Waals surface area contributed by atoms with Gasteiger partial charge in [-0.05, 0) is 5.92 Å². The largest absolute Gasteiger partial charge is 0.332 e. The SMILES string of the molecule is CCC(C)[C@H](N)C(=O)N1CCn2ccnc2C1. The van der Waals surface area contributed by atoms with Gasteiger partial charge in [0.05, 0.1) is 12.6 Å². The molecule has 0 spiro atoms. The van der Waals surface area contributed by atoms with Gasteiger partial charge in [0, 0.05) is 25.5 Å². The van der Waals surface area contributed by atoms with Crippen LogP contribution in [0.5, 0.6) is 0 Å². The third kappa shape index (κ3) is 2.34. The van der Waals surface area contributed by atoms with E-state index in [0.717, 1.165) is 25.3 Å². The summed E-state index contributed by atoms with van der Waals surface area (Å²) in [7, 11) is 0. The van der Waals surface area contributed by atoms with Crippen molar-refractivity contribution >= 4 is 5.91 Å². The van der Waals surface area contributed by atoms with Gasteiger partial charge >= 0.3 is 0 Å². The van der Waals surface area contributed by atoms with Crippen LogP contribution in [0, 0.1) is 5.92 Å². The molecule has 1 aliphatic heterocycles. The van der Waals surface area contributed by atoms with Crippen molar-refractivity contribution in [3.63, 3.8) is 0 Å². The molecule has 17 heavy (non-hydrogen) atoms. The summed E-state index contributed by atoms with van der Waals surface area (Å²) in [6.07, 6.45) is 4.65. The normalized spacial score (nSPS) is 18.6. The Morgan fingerprint density at radius 1 is 1.59 bits per heavy atom. The molecule has 1 aliphatic rings. The van der Waals surface area contributed by atoms with E-state index in [1.807, 2.05) is 18.0 Å². The lowest BCUT2D eigenvalue weighted by atomic mass is 9.99. The Morgan fingerprint density at radius 2 is 2.35 bits per heavy atom. The first-order valence-corrected chi connectivity index (χ1v) is 6.17. The van der Waals surface area contributed by atoms with E-state index in [1.54, 1.807) is 6.20 Å². The van der Waals surface area contributed by atoms with Crippen molar-refractivity contribution in [1.29, 1.82) is 0 Å². The average molecular weight is 236 g/mol. The lowest BCUT2D eigenvalue weighted by Crippen LogP contribution is -2.49. The molecule has 0 bridgehead atoms. The van der Waals surface area contributed by atoms with Crippen LogP contribution in [0.15, 0.2) is 12.4 Å². The number of nitrogens with zero attached hydrogens (tertiary/aromatic N) is 3. The summed E-state index contributed by atoms with van der Waals surface area (Å²) in [6.45, 7) is 6.20. The van der Waals surface area contributed by atoms with Crippen LogP contribution in [0.25, 0.3) is 0 Å². The van der Waals surface area contributed by atoms with Gasteiger partial charge in [-0.15, -0.1) is 0 Å². The minimum Gasteiger partial charge on any atom is -0.332 e. The van der Waals surface area contributed by atoms with E-state index < -0.39 is 0 Å².